The summed E-state index contributed by atoms with van der Waals surface area (Å²) in [6.07, 6.45) is 0. The van der Waals surface area contributed by atoms with Crippen LogP contribution in [0.2, 0.25) is 5.02 Å². The lowest BCUT2D eigenvalue weighted by atomic mass is 9.95. The van der Waals surface area contributed by atoms with E-state index in [9.17, 15) is 9.59 Å². The Morgan fingerprint density at radius 1 is 1.39 bits per heavy atom. The first-order valence-electron chi connectivity index (χ1n) is 5.19. The number of nitrogen functional groups attached to an aromatic ring is 1. The number of hydrogen-bond acceptors (Lipinski definition) is 4. The first-order chi connectivity index (χ1) is 8.22. The van der Waals surface area contributed by atoms with Crippen molar-refractivity contribution in [1.82, 2.24) is 0 Å². The van der Waals surface area contributed by atoms with Crippen molar-refractivity contribution in [2.75, 3.05) is 12.3 Å². The van der Waals surface area contributed by atoms with Gasteiger partial charge in [0.2, 0.25) is 0 Å². The highest BCUT2D eigenvalue weighted by Crippen LogP contribution is 2.20. The molecular weight excluding hydrogens is 258 g/mol. The molecule has 0 aliphatic heterocycles. The summed E-state index contributed by atoms with van der Waals surface area (Å²) in [5.74, 6) is -1.69. The Bertz CT molecular complexity index is 465. The second kappa shape index (κ2) is 5.27. The summed E-state index contributed by atoms with van der Waals surface area (Å²) in [4.78, 5) is 22.5. The maximum absolute atomic E-state index is 11.7. The molecule has 0 aromatic heterocycles. The fourth-order valence-electron chi connectivity index (χ4n) is 1.12. The molecule has 1 aromatic carbocycles. The highest BCUT2D eigenvalue weighted by atomic mass is 35.5. The van der Waals surface area contributed by atoms with Gasteiger partial charge in [-0.1, -0.05) is 11.6 Å². The number of carboxylic acids is 1. The third kappa shape index (κ3) is 3.63. The number of ether oxygens (including phenoxy) is 1. The molecule has 0 amide bonds. The number of carbonyl (C=O) groups excluding carboxylic acids is 1. The van der Waals surface area contributed by atoms with Crippen molar-refractivity contribution in [3.63, 3.8) is 0 Å². The zero-order chi connectivity index (χ0) is 13.9. The average Bonchev–Trinajstić information content (AvgIpc) is 2.24. The van der Waals surface area contributed by atoms with Crippen LogP contribution in [-0.2, 0) is 9.53 Å². The van der Waals surface area contributed by atoms with Crippen LogP contribution in [0.1, 0.15) is 24.2 Å². The zero-order valence-electron chi connectivity index (χ0n) is 10.1. The number of nitrogens with two attached hydrogens (primary N) is 1. The van der Waals surface area contributed by atoms with Gasteiger partial charge >= 0.3 is 11.9 Å². The van der Waals surface area contributed by atoms with E-state index in [0.717, 1.165) is 0 Å². The topological polar surface area (TPSA) is 89.6 Å². The fourth-order valence-corrected chi connectivity index (χ4v) is 1.36. The standard InChI is InChI=1S/C12H14ClNO4/c1-12(2,11(16)17)6-18-10(15)7-3-8(13)5-9(14)4-7/h3-5H,6,14H2,1-2H3,(H,16,17). The van der Waals surface area contributed by atoms with Gasteiger partial charge in [-0.25, -0.2) is 4.79 Å². The molecule has 5 nitrogen and oxygen atoms in total. The quantitative estimate of drug-likeness (QED) is 0.647. The second-order valence-electron chi connectivity index (χ2n) is 4.54. The van der Waals surface area contributed by atoms with Crippen LogP contribution in [-0.4, -0.2) is 23.7 Å². The monoisotopic (exact) mass is 271 g/mol. The summed E-state index contributed by atoms with van der Waals surface area (Å²) in [5.41, 5.74) is 4.94. The molecule has 0 bridgehead atoms. The summed E-state index contributed by atoms with van der Waals surface area (Å²) in [6.45, 7) is 2.71. The first-order valence-corrected chi connectivity index (χ1v) is 5.57. The lowest BCUT2D eigenvalue weighted by Crippen LogP contribution is -2.30. The molecule has 0 spiro atoms. The minimum Gasteiger partial charge on any atom is -0.481 e. The van der Waals surface area contributed by atoms with Gasteiger partial charge in [0.15, 0.2) is 0 Å². The van der Waals surface area contributed by atoms with E-state index in [1.54, 1.807) is 0 Å². The number of hydrogen-bond donors (Lipinski definition) is 2. The molecule has 1 aromatic rings. The summed E-state index contributed by atoms with van der Waals surface area (Å²) in [7, 11) is 0. The third-order valence-corrected chi connectivity index (χ3v) is 2.52. The molecule has 6 heteroatoms. The van der Waals surface area contributed by atoms with E-state index in [0.29, 0.717) is 10.7 Å². The van der Waals surface area contributed by atoms with Crippen LogP contribution in [0.3, 0.4) is 0 Å². The van der Waals surface area contributed by atoms with E-state index in [-0.39, 0.29) is 12.2 Å². The number of halogens is 1. The molecule has 0 radical (unpaired) electrons. The average molecular weight is 272 g/mol. The van der Waals surface area contributed by atoms with Crippen molar-refractivity contribution in [1.29, 1.82) is 0 Å². The summed E-state index contributed by atoms with van der Waals surface area (Å²) < 4.78 is 4.93. The van der Waals surface area contributed by atoms with Gasteiger partial charge in [0.1, 0.15) is 6.61 Å². The Labute approximate surface area is 109 Å². The van der Waals surface area contributed by atoms with Gasteiger partial charge in [-0.15, -0.1) is 0 Å². The minimum atomic E-state index is -1.14. The molecule has 0 aliphatic carbocycles. The molecule has 0 saturated carbocycles. The van der Waals surface area contributed by atoms with Crippen LogP contribution in [0.25, 0.3) is 0 Å². The van der Waals surface area contributed by atoms with Crippen molar-refractivity contribution in [3.8, 4) is 0 Å². The molecular formula is C12H14ClNO4. The van der Waals surface area contributed by atoms with Gasteiger partial charge in [0.05, 0.1) is 11.0 Å². The molecule has 0 aliphatic rings. The number of rotatable bonds is 4. The first kappa shape index (κ1) is 14.3. The fraction of sp³-hybridized carbons (Fsp3) is 0.333. The van der Waals surface area contributed by atoms with Crippen LogP contribution < -0.4 is 5.73 Å². The van der Waals surface area contributed by atoms with Crippen LogP contribution in [0.5, 0.6) is 0 Å². The van der Waals surface area contributed by atoms with Gasteiger partial charge in [-0.3, -0.25) is 4.79 Å². The van der Waals surface area contributed by atoms with E-state index in [1.807, 2.05) is 0 Å². The number of anilines is 1. The van der Waals surface area contributed by atoms with Gasteiger partial charge in [-0.2, -0.15) is 0 Å². The molecule has 3 N–H and O–H groups in total. The molecule has 1 rings (SSSR count). The van der Waals surface area contributed by atoms with Crippen molar-refractivity contribution in [3.05, 3.63) is 28.8 Å². The van der Waals surface area contributed by atoms with Gasteiger partial charge in [0.25, 0.3) is 0 Å². The Morgan fingerprint density at radius 2 is 2.00 bits per heavy atom. The SMILES string of the molecule is CC(C)(COC(=O)c1cc(N)cc(Cl)c1)C(=O)O. The second-order valence-corrected chi connectivity index (χ2v) is 4.97. The number of carboxylic acid groups (broad SMARTS) is 1. The summed E-state index contributed by atoms with van der Waals surface area (Å²) >= 11 is 5.75. The normalized spacial score (nSPS) is 11.1. The smallest absolute Gasteiger partial charge is 0.338 e. The van der Waals surface area contributed by atoms with Crippen molar-refractivity contribution >= 4 is 29.2 Å². The summed E-state index contributed by atoms with van der Waals surface area (Å²) in [6, 6.07) is 4.33. The van der Waals surface area contributed by atoms with Crippen molar-refractivity contribution in [2.45, 2.75) is 13.8 Å². The number of carbonyl (C=O) groups is 2. The largest absolute Gasteiger partial charge is 0.481 e. The predicted molar refractivity (Wildman–Crippen MR) is 67.6 cm³/mol. The van der Waals surface area contributed by atoms with Crippen LogP contribution in [0.4, 0.5) is 5.69 Å². The maximum Gasteiger partial charge on any atom is 0.338 e. The van der Waals surface area contributed by atoms with E-state index < -0.39 is 17.4 Å². The Hall–Kier alpha value is -1.75. The zero-order valence-corrected chi connectivity index (χ0v) is 10.8. The highest BCUT2D eigenvalue weighted by Gasteiger charge is 2.29. The van der Waals surface area contributed by atoms with E-state index in [4.69, 9.17) is 27.2 Å². The van der Waals surface area contributed by atoms with Gasteiger partial charge in [0, 0.05) is 10.7 Å². The molecule has 0 fully saturated rings. The van der Waals surface area contributed by atoms with E-state index >= 15 is 0 Å². The lowest BCUT2D eigenvalue weighted by molar-refractivity contribution is -0.149. The molecule has 0 unspecified atom stereocenters. The minimum absolute atomic E-state index is 0.196. The molecule has 0 atom stereocenters. The van der Waals surface area contributed by atoms with Crippen molar-refractivity contribution in [2.24, 2.45) is 5.41 Å². The van der Waals surface area contributed by atoms with Gasteiger partial charge in [-0.05, 0) is 32.0 Å². The predicted octanol–water partition coefficient (Wildman–Crippen LogP) is 2.19. The molecule has 0 heterocycles. The number of aliphatic carboxylic acids is 1. The Kier molecular flexibility index (Phi) is 4.19. The molecule has 98 valence electrons. The Balaban J connectivity index is 2.75. The number of esters is 1. The van der Waals surface area contributed by atoms with Crippen molar-refractivity contribution < 1.29 is 19.4 Å². The Morgan fingerprint density at radius 3 is 2.50 bits per heavy atom. The highest BCUT2D eigenvalue weighted by molar-refractivity contribution is 6.31. The third-order valence-electron chi connectivity index (χ3n) is 2.30. The van der Waals surface area contributed by atoms with E-state index in [2.05, 4.69) is 0 Å². The maximum atomic E-state index is 11.7. The molecule has 0 saturated heterocycles. The summed E-state index contributed by atoms with van der Waals surface area (Å²) in [5, 5.41) is 9.20. The van der Waals surface area contributed by atoms with Crippen LogP contribution in [0.15, 0.2) is 18.2 Å². The van der Waals surface area contributed by atoms with Crippen LogP contribution >= 0.6 is 11.6 Å². The van der Waals surface area contributed by atoms with E-state index in [1.165, 1.54) is 32.0 Å². The lowest BCUT2D eigenvalue weighted by Gasteiger charge is -2.18. The number of benzene rings is 1. The van der Waals surface area contributed by atoms with Gasteiger partial charge < -0.3 is 15.6 Å². The van der Waals surface area contributed by atoms with Crippen LogP contribution in [0, 0.1) is 5.41 Å². The molecule has 18 heavy (non-hydrogen) atoms.